The zero-order valence-electron chi connectivity index (χ0n) is 17.5. The molecule has 2 rings (SSSR count). The molecular weight excluding hydrogens is 390 g/mol. The molecule has 2 atom stereocenters. The number of hydrogen-bond donors (Lipinski definition) is 0. The van der Waals surface area contributed by atoms with Gasteiger partial charge in [-0.25, -0.2) is 4.79 Å². The lowest BCUT2D eigenvalue weighted by atomic mass is 9.67. The molecule has 0 spiro atoms. The SMILES string of the molecule is C=C(Cl)CN(C(=O)OCc1ccccc1)[C@@]1(CCCOC)CCCC[C@H]1C(C)=O. The zero-order valence-corrected chi connectivity index (χ0v) is 18.2. The van der Waals surface area contributed by atoms with Crippen LogP contribution in [0.15, 0.2) is 41.9 Å². The van der Waals surface area contributed by atoms with Crippen molar-refractivity contribution in [3.05, 3.63) is 47.5 Å². The Morgan fingerprint density at radius 2 is 2.00 bits per heavy atom. The summed E-state index contributed by atoms with van der Waals surface area (Å²) in [5.74, 6) is -0.142. The third-order valence-corrected chi connectivity index (χ3v) is 5.86. The first kappa shape index (κ1) is 23.4. The van der Waals surface area contributed by atoms with Crippen molar-refractivity contribution in [2.45, 2.75) is 57.6 Å². The summed E-state index contributed by atoms with van der Waals surface area (Å²) in [7, 11) is 1.66. The Labute approximate surface area is 179 Å². The van der Waals surface area contributed by atoms with Crippen LogP contribution in [0.2, 0.25) is 0 Å². The van der Waals surface area contributed by atoms with Crippen LogP contribution in [-0.2, 0) is 20.9 Å². The average molecular weight is 422 g/mol. The highest BCUT2D eigenvalue weighted by Crippen LogP contribution is 2.43. The van der Waals surface area contributed by atoms with Gasteiger partial charge in [0, 0.05) is 24.7 Å². The third-order valence-electron chi connectivity index (χ3n) is 5.74. The van der Waals surface area contributed by atoms with Crippen molar-refractivity contribution in [1.82, 2.24) is 4.90 Å². The van der Waals surface area contributed by atoms with E-state index in [-0.39, 0.29) is 24.9 Å². The first-order chi connectivity index (χ1) is 13.9. The van der Waals surface area contributed by atoms with Gasteiger partial charge in [0.2, 0.25) is 0 Å². The van der Waals surface area contributed by atoms with E-state index in [1.54, 1.807) is 18.9 Å². The molecule has 1 aromatic rings. The van der Waals surface area contributed by atoms with E-state index < -0.39 is 11.6 Å². The molecule has 0 aliphatic heterocycles. The predicted octanol–water partition coefficient (Wildman–Crippen LogP) is 5.32. The molecule has 0 N–H and O–H groups in total. The summed E-state index contributed by atoms with van der Waals surface area (Å²) in [6.45, 7) is 6.31. The molecule has 0 unspecified atom stereocenters. The van der Waals surface area contributed by atoms with E-state index in [9.17, 15) is 9.59 Å². The summed E-state index contributed by atoms with van der Waals surface area (Å²) in [4.78, 5) is 27.5. The highest BCUT2D eigenvalue weighted by molar-refractivity contribution is 6.29. The number of hydrogen-bond acceptors (Lipinski definition) is 4. The monoisotopic (exact) mass is 421 g/mol. The molecule has 1 saturated carbocycles. The first-order valence-electron chi connectivity index (χ1n) is 10.2. The van der Waals surface area contributed by atoms with Gasteiger partial charge in [0.05, 0.1) is 12.1 Å². The zero-order chi connectivity index (χ0) is 21.3. The van der Waals surface area contributed by atoms with Gasteiger partial charge in [0.25, 0.3) is 0 Å². The van der Waals surface area contributed by atoms with E-state index in [1.165, 1.54) is 0 Å². The largest absolute Gasteiger partial charge is 0.445 e. The molecule has 6 heteroatoms. The number of Topliss-reactive ketones (excluding diaryl/α,β-unsaturated/α-hetero) is 1. The molecule has 1 fully saturated rings. The molecule has 0 heterocycles. The first-order valence-corrected chi connectivity index (χ1v) is 10.6. The van der Waals surface area contributed by atoms with Gasteiger partial charge in [-0.3, -0.25) is 9.69 Å². The maximum absolute atomic E-state index is 13.2. The Bertz CT molecular complexity index is 693. The molecule has 0 saturated heterocycles. The van der Waals surface area contributed by atoms with E-state index >= 15 is 0 Å². The minimum absolute atomic E-state index is 0.100. The van der Waals surface area contributed by atoms with Crippen LogP contribution in [0.4, 0.5) is 4.79 Å². The van der Waals surface area contributed by atoms with Crippen molar-refractivity contribution in [3.63, 3.8) is 0 Å². The molecule has 0 radical (unpaired) electrons. The summed E-state index contributed by atoms with van der Waals surface area (Å²) in [6, 6.07) is 9.54. The molecule has 1 amide bonds. The second-order valence-electron chi connectivity index (χ2n) is 7.75. The number of amides is 1. The maximum atomic E-state index is 13.2. The summed E-state index contributed by atoms with van der Waals surface area (Å²) in [5, 5.41) is 0.348. The third kappa shape index (κ3) is 6.31. The lowest BCUT2D eigenvalue weighted by molar-refractivity contribution is -0.128. The van der Waals surface area contributed by atoms with Crippen LogP contribution < -0.4 is 0 Å². The van der Waals surface area contributed by atoms with Crippen LogP contribution in [0.5, 0.6) is 0 Å². The van der Waals surface area contributed by atoms with Crippen molar-refractivity contribution < 1.29 is 19.1 Å². The van der Waals surface area contributed by atoms with Gasteiger partial charge in [0.15, 0.2) is 0 Å². The van der Waals surface area contributed by atoms with Crippen LogP contribution in [-0.4, -0.2) is 42.6 Å². The Kier molecular flexibility index (Phi) is 9.18. The molecule has 29 heavy (non-hydrogen) atoms. The van der Waals surface area contributed by atoms with Gasteiger partial charge < -0.3 is 9.47 Å². The van der Waals surface area contributed by atoms with E-state index in [0.29, 0.717) is 18.1 Å². The normalized spacial score (nSPS) is 21.4. The van der Waals surface area contributed by atoms with Gasteiger partial charge in [0.1, 0.15) is 12.4 Å². The number of methoxy groups -OCH3 is 1. The highest BCUT2D eigenvalue weighted by Gasteiger charge is 2.49. The molecule has 0 bridgehead atoms. The topological polar surface area (TPSA) is 55.8 Å². The molecular formula is C23H32ClNO4. The minimum Gasteiger partial charge on any atom is -0.445 e. The Hall–Kier alpha value is -1.85. The number of rotatable bonds is 10. The highest BCUT2D eigenvalue weighted by atomic mass is 35.5. The fraction of sp³-hybridized carbons (Fsp3) is 0.565. The Balaban J connectivity index is 2.31. The second kappa shape index (κ2) is 11.4. The average Bonchev–Trinajstić information content (AvgIpc) is 2.71. The molecule has 1 aliphatic carbocycles. The van der Waals surface area contributed by atoms with Crippen LogP contribution in [0.3, 0.4) is 0 Å². The summed E-state index contributed by atoms with van der Waals surface area (Å²) >= 11 is 6.15. The van der Waals surface area contributed by atoms with Crippen LogP contribution >= 0.6 is 11.6 Å². The Morgan fingerprint density at radius 1 is 1.28 bits per heavy atom. The van der Waals surface area contributed by atoms with Crippen molar-refractivity contribution in [3.8, 4) is 0 Å². The van der Waals surface area contributed by atoms with Gasteiger partial charge in [-0.1, -0.05) is 61.4 Å². The Morgan fingerprint density at radius 3 is 2.62 bits per heavy atom. The van der Waals surface area contributed by atoms with E-state index in [2.05, 4.69) is 6.58 Å². The number of ketones is 1. The number of carbonyl (C=O) groups is 2. The molecule has 1 aromatic carbocycles. The quantitative estimate of drug-likeness (QED) is 0.479. The molecule has 5 nitrogen and oxygen atoms in total. The number of ether oxygens (including phenoxy) is 2. The van der Waals surface area contributed by atoms with E-state index in [1.807, 2.05) is 30.3 Å². The number of nitrogens with zero attached hydrogens (tertiary/aromatic N) is 1. The molecule has 160 valence electrons. The van der Waals surface area contributed by atoms with Gasteiger partial charge in [-0.05, 0) is 38.2 Å². The minimum atomic E-state index is -0.631. The number of carbonyl (C=O) groups excluding carboxylic acids is 2. The summed E-state index contributed by atoms with van der Waals surface area (Å²) in [5.41, 5.74) is 0.277. The molecule has 1 aliphatic rings. The van der Waals surface area contributed by atoms with Crippen LogP contribution in [0.1, 0.15) is 51.0 Å². The van der Waals surface area contributed by atoms with Crippen molar-refractivity contribution in [2.75, 3.05) is 20.3 Å². The molecule has 0 aromatic heterocycles. The lowest BCUT2D eigenvalue weighted by Gasteiger charge is -2.50. The fourth-order valence-electron chi connectivity index (χ4n) is 4.46. The predicted molar refractivity (Wildman–Crippen MR) is 115 cm³/mol. The maximum Gasteiger partial charge on any atom is 0.410 e. The van der Waals surface area contributed by atoms with Crippen molar-refractivity contribution in [1.29, 1.82) is 0 Å². The summed E-state index contributed by atoms with van der Waals surface area (Å²) < 4.78 is 10.9. The van der Waals surface area contributed by atoms with Gasteiger partial charge in [-0.15, -0.1) is 0 Å². The van der Waals surface area contributed by atoms with E-state index in [4.69, 9.17) is 21.1 Å². The second-order valence-corrected chi connectivity index (χ2v) is 8.29. The number of benzene rings is 1. The summed E-state index contributed by atoms with van der Waals surface area (Å²) in [6.07, 6.45) is 4.39. The smallest absolute Gasteiger partial charge is 0.410 e. The van der Waals surface area contributed by atoms with Crippen LogP contribution in [0.25, 0.3) is 0 Å². The van der Waals surface area contributed by atoms with Gasteiger partial charge >= 0.3 is 6.09 Å². The lowest BCUT2D eigenvalue weighted by Crippen LogP contribution is -2.60. The number of halogens is 1. The van der Waals surface area contributed by atoms with E-state index in [0.717, 1.165) is 37.7 Å². The standard InChI is InChI=1S/C23H32ClNO4/c1-18(24)16-25(22(27)29-17-20-10-5-4-6-11-20)23(14-9-15-28-3)13-8-7-12-21(23)19(2)26/h4-6,10-11,21H,1,7-9,12-17H2,2-3H3/t21-,23+/m0/s1. The van der Waals surface area contributed by atoms with Crippen molar-refractivity contribution in [2.24, 2.45) is 5.92 Å². The van der Waals surface area contributed by atoms with Gasteiger partial charge in [-0.2, -0.15) is 0 Å². The van der Waals surface area contributed by atoms with Crippen molar-refractivity contribution >= 4 is 23.5 Å². The van der Waals surface area contributed by atoms with Crippen LogP contribution in [0, 0.1) is 5.92 Å². The fourth-order valence-corrected chi connectivity index (χ4v) is 4.58.